The lowest BCUT2D eigenvalue weighted by Crippen LogP contribution is -2.18. The highest BCUT2D eigenvalue weighted by Crippen LogP contribution is 2.22. The molecule has 0 unspecified atom stereocenters. The van der Waals surface area contributed by atoms with E-state index in [0.29, 0.717) is 29.2 Å². The first-order valence-corrected chi connectivity index (χ1v) is 6.96. The zero-order valence-corrected chi connectivity index (χ0v) is 10.6. The minimum absolute atomic E-state index is 0.0948. The lowest BCUT2D eigenvalue weighted by Gasteiger charge is -2.08. The van der Waals surface area contributed by atoms with Crippen LogP contribution in [0.25, 0.3) is 0 Å². The van der Waals surface area contributed by atoms with Gasteiger partial charge in [0.15, 0.2) is 0 Å². The molecule has 0 fully saturated rings. The van der Waals surface area contributed by atoms with Crippen molar-refractivity contribution < 1.29 is 8.42 Å². The summed E-state index contributed by atoms with van der Waals surface area (Å²) in [6.45, 7) is 0.408. The van der Waals surface area contributed by atoms with Crippen molar-refractivity contribution in [2.24, 2.45) is 5.14 Å². The molecule has 0 radical (unpaired) electrons. The molecular formula is C10H12ClN3O2S. The second kappa shape index (κ2) is 5.87. The van der Waals surface area contributed by atoms with Gasteiger partial charge in [0.2, 0.25) is 10.0 Å². The van der Waals surface area contributed by atoms with Crippen molar-refractivity contribution in [3.63, 3.8) is 0 Å². The Balaban J connectivity index is 2.59. The van der Waals surface area contributed by atoms with Gasteiger partial charge in [-0.2, -0.15) is 5.26 Å². The Morgan fingerprint density at radius 2 is 2.18 bits per heavy atom. The average Bonchev–Trinajstić information content (AvgIpc) is 2.23. The first-order chi connectivity index (χ1) is 7.94. The minimum Gasteiger partial charge on any atom is -0.384 e. The van der Waals surface area contributed by atoms with Gasteiger partial charge in [0.25, 0.3) is 0 Å². The van der Waals surface area contributed by atoms with Gasteiger partial charge in [-0.15, -0.1) is 0 Å². The number of halogens is 1. The number of nitriles is 1. The summed E-state index contributed by atoms with van der Waals surface area (Å²) in [7, 11) is -3.43. The van der Waals surface area contributed by atoms with Crippen LogP contribution in [0.5, 0.6) is 0 Å². The van der Waals surface area contributed by atoms with Gasteiger partial charge in [-0.1, -0.05) is 17.7 Å². The van der Waals surface area contributed by atoms with E-state index in [1.165, 1.54) is 0 Å². The molecule has 0 aliphatic carbocycles. The normalized spacial score (nSPS) is 10.9. The van der Waals surface area contributed by atoms with E-state index < -0.39 is 10.0 Å². The Morgan fingerprint density at radius 1 is 1.47 bits per heavy atom. The Bertz CT molecular complexity index is 537. The van der Waals surface area contributed by atoms with Crippen LogP contribution in [0.3, 0.4) is 0 Å². The number of anilines is 1. The van der Waals surface area contributed by atoms with Crippen molar-refractivity contribution in [3.05, 3.63) is 28.8 Å². The Hall–Kier alpha value is -1.29. The Kier molecular flexibility index (Phi) is 4.75. The van der Waals surface area contributed by atoms with Crippen LogP contribution in [-0.4, -0.2) is 20.7 Å². The number of primary sulfonamides is 1. The largest absolute Gasteiger partial charge is 0.384 e. The molecule has 0 bridgehead atoms. The van der Waals surface area contributed by atoms with Crippen LogP contribution in [0.4, 0.5) is 5.69 Å². The molecular weight excluding hydrogens is 262 g/mol. The van der Waals surface area contributed by atoms with E-state index in [1.54, 1.807) is 18.2 Å². The van der Waals surface area contributed by atoms with E-state index in [1.807, 2.05) is 6.07 Å². The maximum absolute atomic E-state index is 10.7. The van der Waals surface area contributed by atoms with Crippen LogP contribution in [0.2, 0.25) is 5.02 Å². The molecule has 0 saturated carbocycles. The molecule has 92 valence electrons. The molecule has 3 N–H and O–H groups in total. The standard InChI is InChI=1S/C10H12ClN3O2S/c11-9-3-1-4-10(8(9)7-12)14-5-2-6-17(13,15)16/h1,3-4,14H,2,5-6H2,(H2,13,15,16). The number of nitrogens with one attached hydrogen (secondary N) is 1. The van der Waals surface area contributed by atoms with Crippen molar-refractivity contribution in [1.29, 1.82) is 5.26 Å². The van der Waals surface area contributed by atoms with Crippen molar-refractivity contribution in [1.82, 2.24) is 0 Å². The molecule has 7 heteroatoms. The maximum atomic E-state index is 10.7. The summed E-state index contributed by atoms with van der Waals surface area (Å²) in [4.78, 5) is 0. The minimum atomic E-state index is -3.43. The van der Waals surface area contributed by atoms with Crippen LogP contribution in [0.1, 0.15) is 12.0 Å². The summed E-state index contributed by atoms with van der Waals surface area (Å²) in [6.07, 6.45) is 0.371. The number of benzene rings is 1. The number of nitrogens with two attached hydrogens (primary N) is 1. The summed E-state index contributed by atoms with van der Waals surface area (Å²) in [5.74, 6) is -0.0948. The molecule has 1 aromatic carbocycles. The molecule has 0 atom stereocenters. The third-order valence-corrected chi connectivity index (χ3v) is 3.22. The zero-order chi connectivity index (χ0) is 12.9. The predicted octanol–water partition coefficient (Wildman–Crippen LogP) is 1.30. The van der Waals surface area contributed by atoms with Gasteiger partial charge in [-0.25, -0.2) is 13.6 Å². The molecule has 0 spiro atoms. The summed E-state index contributed by atoms with van der Waals surface area (Å²) in [5, 5.41) is 17.1. The zero-order valence-electron chi connectivity index (χ0n) is 8.98. The van der Waals surface area contributed by atoms with Gasteiger partial charge >= 0.3 is 0 Å². The first-order valence-electron chi connectivity index (χ1n) is 4.87. The fourth-order valence-corrected chi connectivity index (χ4v) is 2.04. The second-order valence-electron chi connectivity index (χ2n) is 3.42. The van der Waals surface area contributed by atoms with Crippen LogP contribution in [0.15, 0.2) is 18.2 Å². The molecule has 1 aromatic rings. The smallest absolute Gasteiger partial charge is 0.209 e. The quantitative estimate of drug-likeness (QED) is 0.791. The summed E-state index contributed by atoms with van der Waals surface area (Å²) in [6, 6.07) is 7.03. The molecule has 5 nitrogen and oxygen atoms in total. The molecule has 0 heterocycles. The van der Waals surface area contributed by atoms with E-state index in [9.17, 15) is 8.42 Å². The van der Waals surface area contributed by atoms with Crippen LogP contribution < -0.4 is 10.5 Å². The van der Waals surface area contributed by atoms with E-state index in [4.69, 9.17) is 22.0 Å². The lowest BCUT2D eigenvalue weighted by atomic mass is 10.2. The highest BCUT2D eigenvalue weighted by molar-refractivity contribution is 7.89. The van der Waals surface area contributed by atoms with Crippen LogP contribution in [0, 0.1) is 11.3 Å². The van der Waals surface area contributed by atoms with E-state index >= 15 is 0 Å². The summed E-state index contributed by atoms with van der Waals surface area (Å²) in [5.41, 5.74) is 0.944. The summed E-state index contributed by atoms with van der Waals surface area (Å²) < 4.78 is 21.4. The molecule has 17 heavy (non-hydrogen) atoms. The predicted molar refractivity (Wildman–Crippen MR) is 67.2 cm³/mol. The van der Waals surface area contributed by atoms with Crippen molar-refractivity contribution in [2.75, 3.05) is 17.6 Å². The topological polar surface area (TPSA) is 96.0 Å². The van der Waals surface area contributed by atoms with Gasteiger partial charge in [0.1, 0.15) is 6.07 Å². The first kappa shape index (κ1) is 13.8. The third kappa shape index (κ3) is 4.61. The molecule has 0 amide bonds. The van der Waals surface area contributed by atoms with Crippen molar-refractivity contribution in [2.45, 2.75) is 6.42 Å². The maximum Gasteiger partial charge on any atom is 0.209 e. The van der Waals surface area contributed by atoms with E-state index in [2.05, 4.69) is 5.32 Å². The fraction of sp³-hybridized carbons (Fsp3) is 0.300. The highest BCUT2D eigenvalue weighted by atomic mass is 35.5. The van der Waals surface area contributed by atoms with E-state index in [-0.39, 0.29) is 5.75 Å². The lowest BCUT2D eigenvalue weighted by molar-refractivity contribution is 0.596. The fourth-order valence-electron chi connectivity index (χ4n) is 1.28. The van der Waals surface area contributed by atoms with Crippen LogP contribution in [-0.2, 0) is 10.0 Å². The molecule has 0 saturated heterocycles. The van der Waals surface area contributed by atoms with Crippen molar-refractivity contribution in [3.8, 4) is 6.07 Å². The monoisotopic (exact) mass is 273 g/mol. The van der Waals surface area contributed by atoms with Gasteiger partial charge in [0, 0.05) is 6.54 Å². The highest BCUT2D eigenvalue weighted by Gasteiger charge is 2.06. The number of rotatable bonds is 5. The number of sulfonamides is 1. The average molecular weight is 274 g/mol. The number of hydrogen-bond acceptors (Lipinski definition) is 4. The van der Waals surface area contributed by atoms with Crippen LogP contribution >= 0.6 is 11.6 Å². The van der Waals surface area contributed by atoms with Crippen molar-refractivity contribution >= 4 is 27.3 Å². The molecule has 0 aromatic heterocycles. The molecule has 0 aliphatic heterocycles. The number of hydrogen-bond donors (Lipinski definition) is 2. The van der Waals surface area contributed by atoms with Gasteiger partial charge in [0.05, 0.1) is 22.0 Å². The summed E-state index contributed by atoms with van der Waals surface area (Å²) >= 11 is 5.84. The number of nitrogens with zero attached hydrogens (tertiary/aromatic N) is 1. The van der Waals surface area contributed by atoms with Gasteiger partial charge in [-0.05, 0) is 18.6 Å². The molecule has 1 rings (SSSR count). The Morgan fingerprint density at radius 3 is 2.76 bits per heavy atom. The van der Waals surface area contributed by atoms with E-state index in [0.717, 1.165) is 0 Å². The Labute approximate surface area is 105 Å². The SMILES string of the molecule is N#Cc1c(Cl)cccc1NCCCS(N)(=O)=O. The third-order valence-electron chi connectivity index (χ3n) is 2.05. The molecule has 0 aliphatic rings. The van der Waals surface area contributed by atoms with Gasteiger partial charge in [-0.3, -0.25) is 0 Å². The van der Waals surface area contributed by atoms with Gasteiger partial charge < -0.3 is 5.32 Å². The second-order valence-corrected chi connectivity index (χ2v) is 5.56.